The number of carbonyl (C=O) groups excluding carboxylic acids is 1. The second-order valence-electron chi connectivity index (χ2n) is 4.93. The minimum atomic E-state index is -0.447. The number of carbonyl (C=O) groups is 1. The van der Waals surface area contributed by atoms with Crippen LogP contribution in [0.1, 0.15) is 15.9 Å². The SMILES string of the molecule is NC(=O)c1cc[n+](C/C=C/C[n+]2cc(Cl)c(/C=N/O)c(Cl)c2)cc1. The van der Waals surface area contributed by atoms with Crippen molar-refractivity contribution in [2.75, 3.05) is 0 Å². The predicted molar refractivity (Wildman–Crippen MR) is 90.3 cm³/mol. The number of amides is 1. The summed E-state index contributed by atoms with van der Waals surface area (Å²) in [6.07, 6.45) is 12.1. The Morgan fingerprint density at radius 1 is 1.12 bits per heavy atom. The van der Waals surface area contributed by atoms with Crippen LogP contribution in [0, 0.1) is 0 Å². The zero-order chi connectivity index (χ0) is 17.5. The molecule has 0 aliphatic heterocycles. The Kier molecular flexibility index (Phi) is 6.28. The van der Waals surface area contributed by atoms with Crippen molar-refractivity contribution in [3.05, 3.63) is 70.2 Å². The molecule has 0 radical (unpaired) electrons. The maximum absolute atomic E-state index is 11.0. The summed E-state index contributed by atoms with van der Waals surface area (Å²) >= 11 is 12.2. The van der Waals surface area contributed by atoms with E-state index in [0.29, 0.717) is 34.3 Å². The fourth-order valence-electron chi connectivity index (χ4n) is 2.00. The summed E-state index contributed by atoms with van der Waals surface area (Å²) in [7, 11) is 0. The Labute approximate surface area is 149 Å². The fraction of sp³-hybridized carbons (Fsp3) is 0.125. The summed E-state index contributed by atoms with van der Waals surface area (Å²) in [6.45, 7) is 1.23. The summed E-state index contributed by atoms with van der Waals surface area (Å²) in [5.41, 5.74) is 6.13. The molecule has 0 bridgehead atoms. The third-order valence-corrected chi connectivity index (χ3v) is 3.84. The van der Waals surface area contributed by atoms with Crippen LogP contribution < -0.4 is 14.9 Å². The van der Waals surface area contributed by atoms with Crippen molar-refractivity contribution in [2.45, 2.75) is 13.1 Å². The molecule has 8 heteroatoms. The van der Waals surface area contributed by atoms with E-state index >= 15 is 0 Å². The molecule has 0 saturated heterocycles. The van der Waals surface area contributed by atoms with E-state index in [1.807, 2.05) is 21.3 Å². The molecule has 6 nitrogen and oxygen atoms in total. The van der Waals surface area contributed by atoms with Gasteiger partial charge in [0, 0.05) is 17.7 Å². The van der Waals surface area contributed by atoms with Crippen LogP contribution in [-0.2, 0) is 13.1 Å². The van der Waals surface area contributed by atoms with Gasteiger partial charge in [-0.05, 0) is 12.2 Å². The van der Waals surface area contributed by atoms with E-state index in [9.17, 15) is 4.79 Å². The maximum atomic E-state index is 11.0. The first kappa shape index (κ1) is 17.9. The molecule has 2 aromatic heterocycles. The molecular formula is C16H16Cl2N4O2+2. The molecule has 0 aliphatic carbocycles. The topological polar surface area (TPSA) is 83.4 Å². The number of primary amides is 1. The van der Waals surface area contributed by atoms with Gasteiger partial charge >= 0.3 is 0 Å². The standard InChI is InChI=1S/C16H14Cl2N4O2/c17-14-10-22(11-15(18)13(14)9-20-24)6-2-1-5-21-7-3-12(4-8-21)16(19)23/h1-4,7-11H,5-6H2,(H-,19,23)/p+2/b2-1+. The van der Waals surface area contributed by atoms with Gasteiger partial charge in [0.15, 0.2) is 37.9 Å². The molecule has 0 unspecified atom stereocenters. The van der Waals surface area contributed by atoms with Gasteiger partial charge in [0.1, 0.15) is 10.0 Å². The smallest absolute Gasteiger partial charge is 0.249 e. The van der Waals surface area contributed by atoms with Crippen molar-refractivity contribution in [2.24, 2.45) is 10.9 Å². The molecule has 24 heavy (non-hydrogen) atoms. The number of nitrogens with two attached hydrogens (primary N) is 1. The highest BCUT2D eigenvalue weighted by atomic mass is 35.5. The molecule has 1 amide bonds. The second kappa shape index (κ2) is 8.42. The molecule has 124 valence electrons. The first-order valence-electron chi connectivity index (χ1n) is 7.00. The Balaban J connectivity index is 1.98. The number of hydrogen-bond acceptors (Lipinski definition) is 3. The summed E-state index contributed by atoms with van der Waals surface area (Å²) < 4.78 is 3.73. The second-order valence-corrected chi connectivity index (χ2v) is 5.74. The number of hydrogen-bond donors (Lipinski definition) is 2. The molecular weight excluding hydrogens is 351 g/mol. The summed E-state index contributed by atoms with van der Waals surface area (Å²) in [6, 6.07) is 3.35. The number of oxime groups is 1. The molecule has 0 atom stereocenters. The van der Waals surface area contributed by atoms with Gasteiger partial charge in [-0.2, -0.15) is 4.57 Å². The van der Waals surface area contributed by atoms with Gasteiger partial charge < -0.3 is 10.9 Å². The number of pyridine rings is 2. The van der Waals surface area contributed by atoms with E-state index in [0.717, 1.165) is 0 Å². The number of aromatic nitrogens is 2. The highest BCUT2D eigenvalue weighted by Gasteiger charge is 2.11. The largest absolute Gasteiger partial charge is 0.411 e. The summed E-state index contributed by atoms with van der Waals surface area (Å²) in [5.74, 6) is -0.447. The zero-order valence-corrected chi connectivity index (χ0v) is 14.2. The van der Waals surface area contributed by atoms with E-state index in [1.165, 1.54) is 6.21 Å². The van der Waals surface area contributed by atoms with Crippen molar-refractivity contribution in [3.8, 4) is 0 Å². The first-order valence-corrected chi connectivity index (χ1v) is 7.76. The minimum Gasteiger partial charge on any atom is -0.411 e. The van der Waals surface area contributed by atoms with Crippen LogP contribution in [0.15, 0.2) is 54.2 Å². The van der Waals surface area contributed by atoms with Crippen LogP contribution in [0.2, 0.25) is 10.0 Å². The number of nitrogens with zero attached hydrogens (tertiary/aromatic N) is 3. The lowest BCUT2D eigenvalue weighted by molar-refractivity contribution is -0.691. The maximum Gasteiger partial charge on any atom is 0.249 e. The molecule has 2 heterocycles. The van der Waals surface area contributed by atoms with Gasteiger partial charge in [-0.1, -0.05) is 28.4 Å². The molecule has 0 aliphatic rings. The number of halogens is 2. The lowest BCUT2D eigenvalue weighted by atomic mass is 10.2. The van der Waals surface area contributed by atoms with E-state index in [-0.39, 0.29) is 0 Å². The van der Waals surface area contributed by atoms with Gasteiger partial charge in [0.2, 0.25) is 5.91 Å². The van der Waals surface area contributed by atoms with Gasteiger partial charge in [0.05, 0.1) is 11.8 Å². The van der Waals surface area contributed by atoms with Crippen LogP contribution in [0.4, 0.5) is 0 Å². The number of allylic oxidation sites excluding steroid dienone is 2. The molecule has 0 spiro atoms. The normalized spacial score (nSPS) is 11.4. The quantitative estimate of drug-likeness (QED) is 0.268. The van der Waals surface area contributed by atoms with Crippen molar-refractivity contribution < 1.29 is 19.1 Å². The molecule has 2 rings (SSSR count). The van der Waals surface area contributed by atoms with Crippen molar-refractivity contribution in [1.29, 1.82) is 0 Å². The van der Waals surface area contributed by atoms with Gasteiger partial charge in [-0.15, -0.1) is 0 Å². The average Bonchev–Trinajstić information content (AvgIpc) is 2.55. The average molecular weight is 367 g/mol. The lowest BCUT2D eigenvalue weighted by Crippen LogP contribution is -2.34. The summed E-state index contributed by atoms with van der Waals surface area (Å²) in [5, 5.41) is 12.3. The Morgan fingerprint density at radius 3 is 2.17 bits per heavy atom. The lowest BCUT2D eigenvalue weighted by Gasteiger charge is -1.99. The molecule has 0 saturated carbocycles. The monoisotopic (exact) mass is 366 g/mol. The van der Waals surface area contributed by atoms with Crippen LogP contribution in [0.25, 0.3) is 0 Å². The highest BCUT2D eigenvalue weighted by Crippen LogP contribution is 2.19. The van der Waals surface area contributed by atoms with Gasteiger partial charge in [-0.3, -0.25) is 4.79 Å². The molecule has 0 aromatic carbocycles. The van der Waals surface area contributed by atoms with Gasteiger partial charge in [-0.25, -0.2) is 4.57 Å². The predicted octanol–water partition coefficient (Wildman–Crippen LogP) is 1.73. The Bertz CT molecular complexity index is 766. The first-order chi connectivity index (χ1) is 11.5. The highest BCUT2D eigenvalue weighted by molar-refractivity contribution is 6.38. The van der Waals surface area contributed by atoms with Crippen LogP contribution in [-0.4, -0.2) is 17.3 Å². The van der Waals surface area contributed by atoms with E-state index in [2.05, 4.69) is 5.16 Å². The Morgan fingerprint density at radius 2 is 1.67 bits per heavy atom. The van der Waals surface area contributed by atoms with Crippen molar-refractivity contribution >= 4 is 35.3 Å². The summed E-state index contributed by atoms with van der Waals surface area (Å²) in [4.78, 5) is 11.0. The van der Waals surface area contributed by atoms with Crippen molar-refractivity contribution in [3.63, 3.8) is 0 Å². The van der Waals surface area contributed by atoms with Crippen LogP contribution >= 0.6 is 23.2 Å². The van der Waals surface area contributed by atoms with E-state index in [4.69, 9.17) is 34.1 Å². The van der Waals surface area contributed by atoms with Crippen LogP contribution in [0.3, 0.4) is 0 Å². The third-order valence-electron chi connectivity index (χ3n) is 3.23. The molecule has 3 N–H and O–H groups in total. The fourth-order valence-corrected chi connectivity index (χ4v) is 2.60. The molecule has 0 fully saturated rings. The minimum absolute atomic E-state index is 0.394. The Hall–Kier alpha value is -2.44. The van der Waals surface area contributed by atoms with Crippen LogP contribution in [0.5, 0.6) is 0 Å². The van der Waals surface area contributed by atoms with E-state index < -0.39 is 5.91 Å². The van der Waals surface area contributed by atoms with E-state index in [1.54, 1.807) is 36.9 Å². The zero-order valence-electron chi connectivity index (χ0n) is 12.6. The third kappa shape index (κ3) is 4.78. The van der Waals surface area contributed by atoms with Gasteiger partial charge in [0.25, 0.3) is 0 Å². The molecule has 2 aromatic rings. The van der Waals surface area contributed by atoms with Crippen molar-refractivity contribution in [1.82, 2.24) is 0 Å². The number of rotatable bonds is 6.